The maximum Gasteiger partial charge on any atom is 0.191 e. The maximum atomic E-state index is 5.87. The number of hydrogen-bond donors (Lipinski definition) is 2. The topological polar surface area (TPSA) is 45.6 Å². The van der Waals surface area contributed by atoms with Crippen molar-refractivity contribution in [3.05, 3.63) is 95.6 Å². The Morgan fingerprint density at radius 1 is 1.00 bits per heavy atom. The first-order valence-corrected chi connectivity index (χ1v) is 9.03. The molecule has 0 aliphatic rings. The molecule has 5 heteroatoms. The Hall–Kier alpha value is -3.18. The normalized spacial score (nSPS) is 10.6. The first-order chi connectivity index (χ1) is 13.2. The molecule has 3 aromatic carbocycles. The first kappa shape index (κ1) is 18.6. The van der Waals surface area contributed by atoms with Crippen LogP contribution >= 0.6 is 12.2 Å². The molecule has 136 valence electrons. The van der Waals surface area contributed by atoms with Crippen LogP contribution < -0.4 is 15.5 Å². The Kier molecular flexibility index (Phi) is 6.55. The number of para-hydroxylation sites is 1. The summed E-state index contributed by atoms with van der Waals surface area (Å²) in [5.74, 6) is 0.797. The molecule has 0 saturated carbocycles. The molecule has 0 atom stereocenters. The molecule has 0 bridgehead atoms. The van der Waals surface area contributed by atoms with E-state index in [0.29, 0.717) is 11.7 Å². The highest BCUT2D eigenvalue weighted by Crippen LogP contribution is 2.15. The smallest absolute Gasteiger partial charge is 0.191 e. The van der Waals surface area contributed by atoms with Gasteiger partial charge in [-0.05, 0) is 54.5 Å². The Bertz CT molecular complexity index is 926. The molecule has 0 radical (unpaired) electrons. The zero-order chi connectivity index (χ0) is 18.9. The molecule has 0 aliphatic heterocycles. The minimum absolute atomic E-state index is 0.435. The SMILES string of the molecule is Cc1cccc(COc2cccc(C=NNC(=S)Nc3ccccc3)c2)c1. The van der Waals surface area contributed by atoms with Gasteiger partial charge in [0.15, 0.2) is 5.11 Å². The van der Waals surface area contributed by atoms with Crippen LogP contribution in [0.4, 0.5) is 5.69 Å². The van der Waals surface area contributed by atoms with Gasteiger partial charge in [-0.2, -0.15) is 5.10 Å². The summed E-state index contributed by atoms with van der Waals surface area (Å²) >= 11 is 5.22. The average molecular weight is 375 g/mol. The molecule has 4 nitrogen and oxygen atoms in total. The van der Waals surface area contributed by atoms with Crippen molar-refractivity contribution in [3.8, 4) is 5.75 Å². The summed E-state index contributed by atoms with van der Waals surface area (Å²) in [6.07, 6.45) is 1.71. The minimum atomic E-state index is 0.435. The van der Waals surface area contributed by atoms with Crippen molar-refractivity contribution in [2.24, 2.45) is 5.10 Å². The summed E-state index contributed by atoms with van der Waals surface area (Å²) in [6.45, 7) is 2.61. The molecule has 0 saturated heterocycles. The highest BCUT2D eigenvalue weighted by atomic mass is 32.1. The molecule has 0 amide bonds. The van der Waals surface area contributed by atoms with Crippen LogP contribution in [0.1, 0.15) is 16.7 Å². The molecule has 0 aliphatic carbocycles. The largest absolute Gasteiger partial charge is 0.489 e. The second-order valence-corrected chi connectivity index (χ2v) is 6.45. The third kappa shape index (κ3) is 6.24. The number of ether oxygens (including phenoxy) is 1. The fourth-order valence-corrected chi connectivity index (χ4v) is 2.67. The molecule has 0 unspecified atom stereocenters. The third-order valence-corrected chi connectivity index (χ3v) is 3.95. The molecule has 3 rings (SSSR count). The Labute approximate surface area is 164 Å². The van der Waals surface area contributed by atoms with E-state index in [1.807, 2.05) is 60.7 Å². The number of thiocarbonyl (C=S) groups is 1. The molecule has 0 aromatic heterocycles. The van der Waals surface area contributed by atoms with Crippen LogP contribution in [0.15, 0.2) is 84.0 Å². The summed E-state index contributed by atoms with van der Waals surface area (Å²) < 4.78 is 5.87. The van der Waals surface area contributed by atoms with Crippen LogP contribution in [0.3, 0.4) is 0 Å². The van der Waals surface area contributed by atoms with E-state index in [0.717, 1.165) is 22.6 Å². The highest BCUT2D eigenvalue weighted by Gasteiger charge is 1.98. The predicted molar refractivity (Wildman–Crippen MR) is 115 cm³/mol. The van der Waals surface area contributed by atoms with Crippen LogP contribution in [0.5, 0.6) is 5.75 Å². The van der Waals surface area contributed by atoms with Gasteiger partial charge in [0.2, 0.25) is 0 Å². The fourth-order valence-electron chi connectivity index (χ4n) is 2.50. The monoisotopic (exact) mass is 375 g/mol. The lowest BCUT2D eigenvalue weighted by Crippen LogP contribution is -2.23. The number of anilines is 1. The zero-order valence-electron chi connectivity index (χ0n) is 15.1. The van der Waals surface area contributed by atoms with Gasteiger partial charge in [0.1, 0.15) is 12.4 Å². The Balaban J connectivity index is 1.52. The zero-order valence-corrected chi connectivity index (χ0v) is 15.9. The third-order valence-electron chi connectivity index (χ3n) is 3.76. The number of nitrogens with one attached hydrogen (secondary N) is 2. The molecule has 27 heavy (non-hydrogen) atoms. The number of hydrazone groups is 1. The van der Waals surface area contributed by atoms with Gasteiger partial charge >= 0.3 is 0 Å². The minimum Gasteiger partial charge on any atom is -0.489 e. The van der Waals surface area contributed by atoms with Crippen LogP contribution in [-0.4, -0.2) is 11.3 Å². The van der Waals surface area contributed by atoms with Crippen molar-refractivity contribution in [2.75, 3.05) is 5.32 Å². The van der Waals surface area contributed by atoms with Crippen molar-refractivity contribution < 1.29 is 4.74 Å². The summed E-state index contributed by atoms with van der Waals surface area (Å²) in [6, 6.07) is 25.8. The van der Waals surface area contributed by atoms with E-state index in [-0.39, 0.29) is 0 Å². The van der Waals surface area contributed by atoms with Gasteiger partial charge in [-0.3, -0.25) is 5.43 Å². The van der Waals surface area contributed by atoms with Gasteiger partial charge < -0.3 is 10.1 Å². The van der Waals surface area contributed by atoms with Gasteiger partial charge in [0.25, 0.3) is 0 Å². The van der Waals surface area contributed by atoms with Gasteiger partial charge in [-0.1, -0.05) is 60.2 Å². The molecular formula is C22H21N3OS. The van der Waals surface area contributed by atoms with E-state index in [1.165, 1.54) is 5.56 Å². The van der Waals surface area contributed by atoms with Crippen molar-refractivity contribution in [1.82, 2.24) is 5.43 Å². The van der Waals surface area contributed by atoms with Crippen LogP contribution in [0.2, 0.25) is 0 Å². The van der Waals surface area contributed by atoms with Crippen LogP contribution in [0, 0.1) is 6.92 Å². The molecular weight excluding hydrogens is 354 g/mol. The quantitative estimate of drug-likeness (QED) is 0.366. The lowest BCUT2D eigenvalue weighted by molar-refractivity contribution is 0.306. The number of hydrogen-bond acceptors (Lipinski definition) is 3. The average Bonchev–Trinajstić information content (AvgIpc) is 2.68. The van der Waals surface area contributed by atoms with Crippen molar-refractivity contribution in [1.29, 1.82) is 0 Å². The van der Waals surface area contributed by atoms with E-state index in [1.54, 1.807) is 6.21 Å². The van der Waals surface area contributed by atoms with Gasteiger partial charge in [-0.25, -0.2) is 0 Å². The summed E-state index contributed by atoms with van der Waals surface area (Å²) in [5, 5.41) is 7.67. The summed E-state index contributed by atoms with van der Waals surface area (Å²) in [5.41, 5.74) is 7.02. The van der Waals surface area contributed by atoms with Crippen molar-refractivity contribution >= 4 is 29.2 Å². The lowest BCUT2D eigenvalue weighted by Gasteiger charge is -2.08. The van der Waals surface area contributed by atoms with Crippen LogP contribution in [0.25, 0.3) is 0 Å². The van der Waals surface area contributed by atoms with Gasteiger partial charge in [-0.15, -0.1) is 0 Å². The lowest BCUT2D eigenvalue weighted by atomic mass is 10.1. The van der Waals surface area contributed by atoms with E-state index in [2.05, 4.69) is 41.0 Å². The summed E-state index contributed by atoms with van der Waals surface area (Å²) in [7, 11) is 0. The van der Waals surface area contributed by atoms with Crippen molar-refractivity contribution in [2.45, 2.75) is 13.5 Å². The molecule has 3 aromatic rings. The fraction of sp³-hybridized carbons (Fsp3) is 0.0909. The molecule has 0 fully saturated rings. The standard InChI is InChI=1S/C22H21N3OS/c1-17-7-5-9-19(13-17)16-26-21-12-6-8-18(14-21)15-23-25-22(27)24-20-10-3-2-4-11-20/h2-15H,16H2,1H3,(H2,24,25,27). The van der Waals surface area contributed by atoms with Crippen LogP contribution in [-0.2, 0) is 6.61 Å². The van der Waals surface area contributed by atoms with Gasteiger partial charge in [0.05, 0.1) is 6.21 Å². The molecule has 0 heterocycles. The Morgan fingerprint density at radius 2 is 1.81 bits per heavy atom. The van der Waals surface area contributed by atoms with Gasteiger partial charge in [0, 0.05) is 5.69 Å². The van der Waals surface area contributed by atoms with E-state index in [9.17, 15) is 0 Å². The first-order valence-electron chi connectivity index (χ1n) is 8.62. The number of aryl methyl sites for hydroxylation is 1. The second-order valence-electron chi connectivity index (χ2n) is 6.04. The van der Waals surface area contributed by atoms with E-state index in [4.69, 9.17) is 17.0 Å². The Morgan fingerprint density at radius 3 is 2.63 bits per heavy atom. The maximum absolute atomic E-state index is 5.87. The highest BCUT2D eigenvalue weighted by molar-refractivity contribution is 7.80. The van der Waals surface area contributed by atoms with E-state index < -0.39 is 0 Å². The molecule has 2 N–H and O–H groups in total. The predicted octanol–water partition coefficient (Wildman–Crippen LogP) is 4.89. The second kappa shape index (κ2) is 9.50. The van der Waals surface area contributed by atoms with E-state index >= 15 is 0 Å². The number of rotatable bonds is 6. The summed E-state index contributed by atoms with van der Waals surface area (Å²) in [4.78, 5) is 0. The number of nitrogens with zero attached hydrogens (tertiary/aromatic N) is 1. The van der Waals surface area contributed by atoms with Crippen molar-refractivity contribution in [3.63, 3.8) is 0 Å². The molecule has 0 spiro atoms. The number of benzene rings is 3.